The van der Waals surface area contributed by atoms with E-state index in [1.54, 1.807) is 0 Å². The molecule has 1 amide bonds. The van der Waals surface area contributed by atoms with Gasteiger partial charge in [-0.2, -0.15) is 0 Å². The molecular formula is C9H16N2O4. The maximum absolute atomic E-state index is 11.5. The van der Waals surface area contributed by atoms with Gasteiger partial charge in [-0.05, 0) is 12.8 Å². The number of carbonyl (C=O) groups excluding carboxylic acids is 1. The third kappa shape index (κ3) is 3.17. The van der Waals surface area contributed by atoms with E-state index in [2.05, 4.69) is 0 Å². The predicted octanol–water partition coefficient (Wildman–Crippen LogP) is -0.963. The largest absolute Gasteiger partial charge is 0.480 e. The molecule has 0 bridgehead atoms. The minimum Gasteiger partial charge on any atom is -0.480 e. The highest BCUT2D eigenvalue weighted by molar-refractivity contribution is 5.84. The average molecular weight is 216 g/mol. The lowest BCUT2D eigenvalue weighted by atomic mass is 10.2. The molecule has 0 aliphatic carbocycles. The highest BCUT2D eigenvalue weighted by Crippen LogP contribution is 2.17. The summed E-state index contributed by atoms with van der Waals surface area (Å²) >= 11 is 0. The number of likely N-dealkylation sites (tertiary alicyclic amines) is 1. The fraction of sp³-hybridized carbons (Fsp3) is 0.778. The van der Waals surface area contributed by atoms with Crippen LogP contribution < -0.4 is 5.73 Å². The van der Waals surface area contributed by atoms with Crippen molar-refractivity contribution in [2.45, 2.75) is 18.9 Å². The van der Waals surface area contributed by atoms with Gasteiger partial charge in [0, 0.05) is 13.1 Å². The topological polar surface area (TPSA) is 92.9 Å². The van der Waals surface area contributed by atoms with E-state index in [-0.39, 0.29) is 12.5 Å². The van der Waals surface area contributed by atoms with Gasteiger partial charge in [-0.25, -0.2) is 4.79 Å². The first-order valence-electron chi connectivity index (χ1n) is 4.97. The highest BCUT2D eigenvalue weighted by atomic mass is 16.5. The van der Waals surface area contributed by atoms with Gasteiger partial charge in [0.05, 0.1) is 6.61 Å². The van der Waals surface area contributed by atoms with Crippen LogP contribution >= 0.6 is 0 Å². The molecule has 0 aromatic carbocycles. The fourth-order valence-corrected chi connectivity index (χ4v) is 1.65. The van der Waals surface area contributed by atoms with E-state index in [0.717, 1.165) is 6.42 Å². The van der Waals surface area contributed by atoms with Gasteiger partial charge in [0.2, 0.25) is 5.91 Å². The van der Waals surface area contributed by atoms with E-state index in [9.17, 15) is 9.59 Å². The summed E-state index contributed by atoms with van der Waals surface area (Å²) in [7, 11) is 0. The molecule has 1 saturated heterocycles. The third-order valence-electron chi connectivity index (χ3n) is 2.35. The van der Waals surface area contributed by atoms with E-state index in [1.807, 2.05) is 0 Å². The molecule has 0 unspecified atom stereocenters. The Morgan fingerprint density at radius 3 is 2.87 bits per heavy atom. The Labute approximate surface area is 88.0 Å². The van der Waals surface area contributed by atoms with Crippen LogP contribution in [-0.2, 0) is 14.3 Å². The van der Waals surface area contributed by atoms with Crippen molar-refractivity contribution in [3.8, 4) is 0 Å². The molecule has 0 aromatic heterocycles. The first-order valence-corrected chi connectivity index (χ1v) is 4.97. The summed E-state index contributed by atoms with van der Waals surface area (Å²) < 4.78 is 4.98. The SMILES string of the molecule is NCCOCC(=O)N1CCC[C@H]1C(=O)O. The van der Waals surface area contributed by atoms with Crippen molar-refractivity contribution in [3.63, 3.8) is 0 Å². The molecule has 6 heteroatoms. The lowest BCUT2D eigenvalue weighted by Gasteiger charge is -2.21. The summed E-state index contributed by atoms with van der Waals surface area (Å²) in [6.45, 7) is 1.09. The summed E-state index contributed by atoms with van der Waals surface area (Å²) in [6.07, 6.45) is 1.26. The number of rotatable bonds is 5. The molecule has 1 rings (SSSR count). The van der Waals surface area contributed by atoms with Crippen LogP contribution in [0.1, 0.15) is 12.8 Å². The molecule has 1 atom stereocenters. The Balaban J connectivity index is 2.40. The number of hydrogen-bond donors (Lipinski definition) is 2. The molecule has 1 aliphatic rings. The number of aliphatic carboxylic acids is 1. The standard InChI is InChI=1S/C9H16N2O4/c10-3-5-15-6-8(12)11-4-1-2-7(11)9(13)14/h7H,1-6,10H2,(H,13,14)/t7-/m0/s1. The summed E-state index contributed by atoms with van der Waals surface area (Å²) in [5.41, 5.74) is 5.20. The molecule has 1 heterocycles. The molecule has 1 fully saturated rings. The summed E-state index contributed by atoms with van der Waals surface area (Å²) in [5.74, 6) is -1.21. The number of ether oxygens (including phenoxy) is 1. The van der Waals surface area contributed by atoms with E-state index >= 15 is 0 Å². The van der Waals surface area contributed by atoms with Gasteiger partial charge >= 0.3 is 5.97 Å². The van der Waals surface area contributed by atoms with Crippen molar-refractivity contribution < 1.29 is 19.4 Å². The van der Waals surface area contributed by atoms with Crippen LogP contribution in [0.25, 0.3) is 0 Å². The zero-order valence-corrected chi connectivity index (χ0v) is 8.52. The number of nitrogens with two attached hydrogens (primary N) is 1. The second-order valence-corrected chi connectivity index (χ2v) is 3.42. The lowest BCUT2D eigenvalue weighted by molar-refractivity contribution is -0.150. The Morgan fingerprint density at radius 1 is 1.53 bits per heavy atom. The van der Waals surface area contributed by atoms with E-state index in [1.165, 1.54) is 4.90 Å². The van der Waals surface area contributed by atoms with Gasteiger partial charge in [-0.3, -0.25) is 4.79 Å². The average Bonchev–Trinajstić information content (AvgIpc) is 2.66. The quantitative estimate of drug-likeness (QED) is 0.577. The van der Waals surface area contributed by atoms with E-state index in [0.29, 0.717) is 26.1 Å². The molecule has 86 valence electrons. The number of carbonyl (C=O) groups is 2. The Bertz CT molecular complexity index is 244. The van der Waals surface area contributed by atoms with Gasteiger partial charge in [0.15, 0.2) is 0 Å². The Hall–Kier alpha value is -1.14. The minimum absolute atomic E-state index is 0.0824. The van der Waals surface area contributed by atoms with Gasteiger partial charge in [-0.15, -0.1) is 0 Å². The van der Waals surface area contributed by atoms with Gasteiger partial charge in [0.1, 0.15) is 12.6 Å². The Kier molecular flexibility index (Phi) is 4.51. The summed E-state index contributed by atoms with van der Waals surface area (Å²) in [4.78, 5) is 23.7. The van der Waals surface area contributed by atoms with E-state index < -0.39 is 12.0 Å². The molecule has 1 aliphatic heterocycles. The van der Waals surface area contributed by atoms with Crippen LogP contribution in [0.5, 0.6) is 0 Å². The summed E-state index contributed by atoms with van der Waals surface area (Å²) in [6, 6.07) is -0.682. The van der Waals surface area contributed by atoms with Gasteiger partial charge in [-0.1, -0.05) is 0 Å². The second-order valence-electron chi connectivity index (χ2n) is 3.42. The molecule has 0 radical (unpaired) electrons. The van der Waals surface area contributed by atoms with Crippen molar-refractivity contribution in [3.05, 3.63) is 0 Å². The van der Waals surface area contributed by atoms with Gasteiger partial charge in [0.25, 0.3) is 0 Å². The first-order chi connectivity index (χ1) is 7.16. The van der Waals surface area contributed by atoms with Crippen molar-refractivity contribution in [2.24, 2.45) is 5.73 Å². The van der Waals surface area contributed by atoms with Crippen molar-refractivity contribution in [2.75, 3.05) is 26.3 Å². The third-order valence-corrected chi connectivity index (χ3v) is 2.35. The fourth-order valence-electron chi connectivity index (χ4n) is 1.65. The van der Waals surface area contributed by atoms with Crippen LogP contribution in [0.3, 0.4) is 0 Å². The number of carboxylic acid groups (broad SMARTS) is 1. The Morgan fingerprint density at radius 2 is 2.27 bits per heavy atom. The normalized spacial score (nSPS) is 20.6. The highest BCUT2D eigenvalue weighted by Gasteiger charge is 2.33. The monoisotopic (exact) mass is 216 g/mol. The first kappa shape index (κ1) is 11.9. The molecule has 15 heavy (non-hydrogen) atoms. The summed E-state index contributed by atoms with van der Waals surface area (Å²) in [5, 5.41) is 8.85. The number of amides is 1. The minimum atomic E-state index is -0.945. The van der Waals surface area contributed by atoms with Crippen molar-refractivity contribution >= 4 is 11.9 Å². The second kappa shape index (κ2) is 5.67. The smallest absolute Gasteiger partial charge is 0.326 e. The number of hydrogen-bond acceptors (Lipinski definition) is 4. The maximum atomic E-state index is 11.5. The predicted molar refractivity (Wildman–Crippen MR) is 52.2 cm³/mol. The maximum Gasteiger partial charge on any atom is 0.326 e. The van der Waals surface area contributed by atoms with E-state index in [4.69, 9.17) is 15.6 Å². The van der Waals surface area contributed by atoms with Crippen LogP contribution in [0.15, 0.2) is 0 Å². The van der Waals surface area contributed by atoms with Gasteiger partial charge < -0.3 is 20.5 Å². The number of nitrogens with zero attached hydrogens (tertiary/aromatic N) is 1. The molecule has 3 N–H and O–H groups in total. The molecule has 6 nitrogen and oxygen atoms in total. The molecular weight excluding hydrogens is 200 g/mol. The van der Waals surface area contributed by atoms with Crippen molar-refractivity contribution in [1.29, 1.82) is 0 Å². The van der Waals surface area contributed by atoms with Crippen molar-refractivity contribution in [1.82, 2.24) is 4.90 Å². The van der Waals surface area contributed by atoms with Crippen LogP contribution in [0.2, 0.25) is 0 Å². The molecule has 0 saturated carbocycles. The number of carboxylic acids is 1. The zero-order chi connectivity index (χ0) is 11.3. The zero-order valence-electron chi connectivity index (χ0n) is 8.52. The molecule has 0 aromatic rings. The van der Waals surface area contributed by atoms with Crippen LogP contribution in [-0.4, -0.2) is 54.2 Å². The van der Waals surface area contributed by atoms with Crippen LogP contribution in [0.4, 0.5) is 0 Å². The van der Waals surface area contributed by atoms with Crippen LogP contribution in [0, 0.1) is 0 Å². The lowest BCUT2D eigenvalue weighted by Crippen LogP contribution is -2.42. The molecule has 0 spiro atoms.